The van der Waals surface area contributed by atoms with Gasteiger partial charge in [0.1, 0.15) is 42.1 Å². The number of carbonyl (C=O) groups excluding carboxylic acids is 7. The van der Waals surface area contributed by atoms with E-state index in [9.17, 15) is 51.8 Å². The second-order valence-electron chi connectivity index (χ2n) is 17.4. The molecule has 5 aromatic carbocycles. The van der Waals surface area contributed by atoms with Crippen LogP contribution in [0.15, 0.2) is 103 Å². The SMILES string of the molecule is C.C.NC(=O)c1nn(CC(=O)N(CCO)CC(=O)NCc2cccc(Cl)c2F)c2ccccc12.NC(=O)c1nn(CC(=O)O)c2ccccc12.NCCO.O=C(CCc1cccc(Cl)c1F)CNCCO.O=C(CCl)CCc1cccc(Cl)c1F.O=CO[O-].[H-].[K+].[K+]. The van der Waals surface area contributed by atoms with Crippen molar-refractivity contribution in [3.63, 3.8) is 0 Å². The molecular formula is C58H71Cl4F3K2N10O14. The number of hydrogen-bond donors (Lipinski definition) is 9. The Hall–Kier alpha value is -4.82. The minimum absolute atomic E-state index is 0. The number of benzene rings is 5. The maximum atomic E-state index is 14.0. The van der Waals surface area contributed by atoms with Crippen molar-refractivity contribution in [1.82, 2.24) is 35.1 Å². The molecule has 0 aliphatic carbocycles. The van der Waals surface area contributed by atoms with Crippen molar-refractivity contribution < 1.29 is 186 Å². The smallest absolute Gasteiger partial charge is 1.00 e. The van der Waals surface area contributed by atoms with E-state index in [1.165, 1.54) is 33.6 Å². The average Bonchev–Trinajstić information content (AvgIpc) is 1.68. The minimum Gasteiger partial charge on any atom is -1.00 e. The van der Waals surface area contributed by atoms with E-state index in [4.69, 9.17) is 89.0 Å². The minimum atomic E-state index is -1.02. The number of aliphatic carboxylic acids is 1. The molecule has 0 saturated heterocycles. The predicted molar refractivity (Wildman–Crippen MR) is 329 cm³/mol. The topological polar surface area (TPSA) is 391 Å². The molecule has 0 fully saturated rings. The second-order valence-corrected chi connectivity index (χ2v) is 18.9. The van der Waals surface area contributed by atoms with Crippen LogP contribution in [0.2, 0.25) is 15.1 Å². The van der Waals surface area contributed by atoms with Crippen LogP contribution in [-0.2, 0) is 66.1 Å². The average molecular weight is 1410 g/mol. The van der Waals surface area contributed by atoms with Crippen molar-refractivity contribution in [2.24, 2.45) is 17.2 Å². The van der Waals surface area contributed by atoms with Crippen LogP contribution >= 0.6 is 46.4 Å². The standard InChI is InChI=1S/C21H21ClFN5O4.C12H15ClFNO2.C10H9Cl2FO.C10H9N3O3.C2H7NO.CH2O3.2CH4.2K.H/c22-15-6-3-4-13(19(15)23)10-25-17(30)11-27(8-9-29)18(31)12-28-16-7-2-1-5-14(16)20(26-28)21(24)32;13-11-3-1-2-9(12(11)14)4-5-10(17)8-15-6-7-16;11-6-8(14)5-4-7-2-1-3-9(12)10(7)13;11-10(16)9-6-3-1-2-4-7(6)13(12-9)5-8(14)15;3-1-2-4;2-1-4-3;;;;;/h1-7,29H,8-12H2,(H2,24,32)(H,25,30);1-3,15-16H,4-8H2;1-3H,4-6H2;1-4H,5H2,(H2,11,16)(H,14,15);4H,1-3H2;1,3H;2*1H4;;;/q;;;;;;;;2*+1;-1/p-1. The van der Waals surface area contributed by atoms with Gasteiger partial charge in [-0.2, -0.15) is 10.2 Å². The van der Waals surface area contributed by atoms with Gasteiger partial charge in [-0.15, -0.1) is 11.6 Å². The molecule has 12 N–H and O–H groups in total. The Balaban J connectivity index is -0.000000556. The molecule has 0 aliphatic rings. The Morgan fingerprint density at radius 1 is 0.659 bits per heavy atom. The number of aliphatic hydroxyl groups is 3. The van der Waals surface area contributed by atoms with Crippen molar-refractivity contribution in [2.45, 2.75) is 60.2 Å². The first kappa shape index (κ1) is 90.4. The first-order valence-corrected chi connectivity index (χ1v) is 27.3. The van der Waals surface area contributed by atoms with Crippen LogP contribution in [0.3, 0.4) is 0 Å². The van der Waals surface area contributed by atoms with Crippen LogP contribution in [0.1, 0.15) is 66.8 Å². The van der Waals surface area contributed by atoms with Crippen LogP contribution in [-0.4, -0.2) is 151 Å². The van der Waals surface area contributed by atoms with Gasteiger partial charge in [-0.05, 0) is 54.3 Å². The van der Waals surface area contributed by atoms with Gasteiger partial charge in [0.25, 0.3) is 18.3 Å². The molecule has 7 rings (SSSR count). The summed E-state index contributed by atoms with van der Waals surface area (Å²) < 4.78 is 43.3. The number of nitrogens with zero attached hydrogens (tertiary/aromatic N) is 5. The van der Waals surface area contributed by atoms with Crippen LogP contribution in [0.5, 0.6) is 0 Å². The predicted octanol–water partition coefficient (Wildman–Crippen LogP) is -1.17. The number of carbonyl (C=O) groups is 8. The zero-order valence-electron chi connectivity index (χ0n) is 49.2. The number of rotatable bonds is 25. The molecule has 0 unspecified atom stereocenters. The molecule has 33 heteroatoms. The maximum absolute atomic E-state index is 14.0. The summed E-state index contributed by atoms with van der Waals surface area (Å²) in [4.78, 5) is 93.2. The Morgan fingerprint density at radius 2 is 1.08 bits per heavy atom. The van der Waals surface area contributed by atoms with E-state index < -0.39 is 47.0 Å². The van der Waals surface area contributed by atoms with E-state index in [1.54, 1.807) is 78.9 Å². The van der Waals surface area contributed by atoms with E-state index in [-0.39, 0.29) is 247 Å². The number of aryl methyl sites for hydroxylation is 2. The quantitative estimate of drug-likeness (QED) is 0.00813. The Kier molecular flexibility index (Phi) is 50.3. The molecule has 0 spiro atoms. The molecule has 0 saturated carbocycles. The van der Waals surface area contributed by atoms with Crippen molar-refractivity contribution in [1.29, 1.82) is 0 Å². The number of hydrogen-bond acceptors (Lipinski definition) is 17. The third-order valence-corrected chi connectivity index (χ3v) is 12.4. The fourth-order valence-electron chi connectivity index (χ4n) is 7.23. The van der Waals surface area contributed by atoms with Gasteiger partial charge >= 0.3 is 109 Å². The number of amides is 4. The van der Waals surface area contributed by atoms with Gasteiger partial charge in [0, 0.05) is 55.4 Å². The van der Waals surface area contributed by atoms with Gasteiger partial charge in [-0.25, -0.2) is 13.2 Å². The van der Waals surface area contributed by atoms with E-state index in [1.807, 2.05) is 0 Å². The molecule has 0 atom stereocenters. The largest absolute Gasteiger partial charge is 1.00 e. The van der Waals surface area contributed by atoms with Crippen LogP contribution in [0.4, 0.5) is 13.2 Å². The Bertz CT molecular complexity index is 3420. The number of aromatic nitrogens is 4. The van der Waals surface area contributed by atoms with Crippen LogP contribution in [0, 0.1) is 17.5 Å². The summed E-state index contributed by atoms with van der Waals surface area (Å²) >= 11 is 22.3. The zero-order chi connectivity index (χ0) is 65.0. The fraction of sp³-hybridized carbons (Fsp3) is 0.310. The van der Waals surface area contributed by atoms with Gasteiger partial charge < -0.3 is 64.7 Å². The summed E-state index contributed by atoms with van der Waals surface area (Å²) in [7, 11) is 0. The molecule has 24 nitrogen and oxygen atoms in total. The number of aliphatic hydroxyl groups excluding tert-OH is 3. The fourth-order valence-corrected chi connectivity index (χ4v) is 7.95. The summed E-state index contributed by atoms with van der Waals surface area (Å²) in [5.74, 6) is -5.14. The van der Waals surface area contributed by atoms with Gasteiger partial charge in [0.05, 0.1) is 64.9 Å². The number of fused-ring (bicyclic) bond motifs is 2. The third-order valence-electron chi connectivity index (χ3n) is 11.3. The van der Waals surface area contributed by atoms with Gasteiger partial charge in [-0.3, -0.25) is 47.7 Å². The molecule has 4 amide bonds. The van der Waals surface area contributed by atoms with Gasteiger partial charge in [0.15, 0.2) is 11.4 Å². The molecule has 91 heavy (non-hydrogen) atoms. The molecule has 2 heterocycles. The number of Topliss-reactive ketones (excluding diaryl/α,β-unsaturated/α-hetero) is 2. The molecule has 2 aromatic heterocycles. The summed E-state index contributed by atoms with van der Waals surface area (Å²) in [5.41, 5.74) is 17.6. The summed E-state index contributed by atoms with van der Waals surface area (Å²) in [6.07, 6.45) is 1.19. The molecule has 7 aromatic rings. The zero-order valence-corrected chi connectivity index (χ0v) is 57.5. The summed E-state index contributed by atoms with van der Waals surface area (Å²) in [6, 6.07) is 27.6. The molecular weight excluding hydrogens is 1340 g/mol. The number of carboxylic acids is 1. The van der Waals surface area contributed by atoms with Crippen molar-refractivity contribution in [3.8, 4) is 0 Å². The molecule has 0 aliphatic heterocycles. The van der Waals surface area contributed by atoms with Gasteiger partial charge in [0.2, 0.25) is 11.8 Å². The Labute approximate surface area is 629 Å². The summed E-state index contributed by atoms with van der Waals surface area (Å²) in [5, 5.41) is 57.2. The monoisotopic (exact) mass is 1410 g/mol. The normalized spacial score (nSPS) is 9.76. The molecule has 0 bridgehead atoms. The van der Waals surface area contributed by atoms with Crippen LogP contribution in [0.25, 0.3) is 21.8 Å². The van der Waals surface area contributed by atoms with E-state index in [2.05, 4.69) is 25.7 Å². The number of halogens is 7. The van der Waals surface area contributed by atoms with Crippen LogP contribution < -0.4 is 136 Å². The van der Waals surface area contributed by atoms with Crippen molar-refractivity contribution >= 4 is 116 Å². The number of nitrogens with one attached hydrogen (secondary N) is 2. The number of ketones is 2. The van der Waals surface area contributed by atoms with E-state index in [0.29, 0.717) is 58.9 Å². The first-order valence-electron chi connectivity index (χ1n) is 25.6. The number of carboxylic acid groups (broad SMARTS) is 1. The van der Waals surface area contributed by atoms with Crippen molar-refractivity contribution in [2.75, 3.05) is 58.4 Å². The third kappa shape index (κ3) is 32.7. The maximum Gasteiger partial charge on any atom is 1.00 e. The summed E-state index contributed by atoms with van der Waals surface area (Å²) in [6.45, 7) is -0.635. The Morgan fingerprint density at radius 3 is 1.47 bits per heavy atom. The van der Waals surface area contributed by atoms with E-state index in [0.717, 1.165) is 4.90 Å². The number of primary amides is 2. The van der Waals surface area contributed by atoms with E-state index >= 15 is 0 Å². The number of para-hydroxylation sites is 2. The molecule has 488 valence electrons. The van der Waals surface area contributed by atoms with Gasteiger partial charge in [-0.1, -0.05) is 122 Å². The number of alkyl halides is 1. The first-order chi connectivity index (χ1) is 41.5. The number of nitrogens with two attached hydrogens (primary N) is 3. The second kappa shape index (κ2) is 50.6. The molecule has 0 radical (unpaired) electrons. The van der Waals surface area contributed by atoms with Crippen molar-refractivity contribution in [3.05, 3.63) is 164 Å².